The topological polar surface area (TPSA) is 70.1 Å². The Bertz CT molecular complexity index is 624. The molecule has 0 saturated carbocycles. The number of aliphatic imine (C=N–C) groups is 3. The third-order valence-corrected chi connectivity index (χ3v) is 2.08. The summed E-state index contributed by atoms with van der Waals surface area (Å²) in [7, 11) is 0. The highest BCUT2D eigenvalue weighted by Crippen LogP contribution is 1.93. The molecule has 0 bridgehead atoms. The minimum atomic E-state index is 0.208. The zero-order valence-corrected chi connectivity index (χ0v) is 12.0. The molecule has 0 fully saturated rings. The number of allylic oxidation sites excluding steroid dienone is 8. The van der Waals surface area contributed by atoms with Gasteiger partial charge in [-0.05, 0) is 24.3 Å². The molecule has 0 radical (unpaired) electrons. The van der Waals surface area contributed by atoms with E-state index in [9.17, 15) is 0 Å². The number of hydrogen-bond donors (Lipinski definition) is 0. The molecule has 0 spiro atoms. The highest BCUT2D eigenvalue weighted by molar-refractivity contribution is 6.16. The van der Waals surface area contributed by atoms with Crippen LogP contribution in [0.2, 0.25) is 0 Å². The highest BCUT2D eigenvalue weighted by atomic mass is 16.5. The van der Waals surface area contributed by atoms with Gasteiger partial charge in [0.15, 0.2) is 5.70 Å². The smallest absolute Gasteiger partial charge is 0.158 e. The summed E-state index contributed by atoms with van der Waals surface area (Å²) in [6.45, 7) is 0.476. The van der Waals surface area contributed by atoms with E-state index in [0.29, 0.717) is 6.61 Å². The second-order valence-corrected chi connectivity index (χ2v) is 3.70. The van der Waals surface area contributed by atoms with Gasteiger partial charge >= 0.3 is 0 Å². The van der Waals surface area contributed by atoms with Crippen LogP contribution in [0.3, 0.4) is 0 Å². The summed E-state index contributed by atoms with van der Waals surface area (Å²) in [5, 5.41) is 8.89. The van der Waals surface area contributed by atoms with E-state index < -0.39 is 0 Å². The van der Waals surface area contributed by atoms with E-state index in [1.54, 1.807) is 36.8 Å². The fraction of sp³-hybridized carbons (Fsp3) is 0.0588. The maximum atomic E-state index is 8.89. The van der Waals surface area contributed by atoms with Crippen molar-refractivity contribution in [1.82, 2.24) is 0 Å². The number of nitrogens with zero attached hydrogens (tertiary/aromatic N) is 4. The van der Waals surface area contributed by atoms with Crippen LogP contribution in [0.5, 0.6) is 0 Å². The molecule has 1 rings (SSSR count). The molecular formula is C17H16N4O. The Morgan fingerprint density at radius 2 is 1.73 bits per heavy atom. The van der Waals surface area contributed by atoms with Crippen LogP contribution < -0.4 is 0 Å². The molecule has 5 heteroatoms. The van der Waals surface area contributed by atoms with Gasteiger partial charge < -0.3 is 4.74 Å². The van der Waals surface area contributed by atoms with E-state index in [1.165, 1.54) is 24.8 Å². The third kappa shape index (κ3) is 9.64. The van der Waals surface area contributed by atoms with E-state index in [4.69, 9.17) is 10.00 Å². The Morgan fingerprint density at radius 1 is 0.909 bits per heavy atom. The molecule has 1 heterocycles. The van der Waals surface area contributed by atoms with Gasteiger partial charge in [0.1, 0.15) is 12.7 Å². The summed E-state index contributed by atoms with van der Waals surface area (Å²) in [5.74, 6) is 0. The Kier molecular flexibility index (Phi) is 9.74. The van der Waals surface area contributed by atoms with Crippen molar-refractivity contribution in [3.8, 4) is 6.07 Å². The average molecular weight is 292 g/mol. The summed E-state index contributed by atoms with van der Waals surface area (Å²) < 4.78 is 5.24. The van der Waals surface area contributed by atoms with Gasteiger partial charge in [-0.15, -0.1) is 0 Å². The molecule has 1 aliphatic heterocycles. The third-order valence-electron chi connectivity index (χ3n) is 2.08. The van der Waals surface area contributed by atoms with Crippen LogP contribution >= 0.6 is 0 Å². The molecule has 110 valence electrons. The molecule has 0 aromatic heterocycles. The number of rotatable bonds is 0. The fourth-order valence-electron chi connectivity index (χ4n) is 1.14. The summed E-state index contributed by atoms with van der Waals surface area (Å²) in [6, 6.07) is 1.94. The molecule has 0 aliphatic carbocycles. The van der Waals surface area contributed by atoms with Crippen LogP contribution in [0, 0.1) is 11.3 Å². The Labute approximate surface area is 130 Å². The van der Waals surface area contributed by atoms with Gasteiger partial charge in [-0.1, -0.05) is 24.3 Å². The van der Waals surface area contributed by atoms with Gasteiger partial charge in [-0.25, -0.2) is 4.99 Å². The van der Waals surface area contributed by atoms with Crippen LogP contribution in [-0.4, -0.2) is 25.3 Å². The van der Waals surface area contributed by atoms with Crippen molar-refractivity contribution >= 4 is 18.6 Å². The molecule has 0 saturated heterocycles. The van der Waals surface area contributed by atoms with E-state index in [-0.39, 0.29) is 5.70 Å². The molecule has 0 aromatic rings. The summed E-state index contributed by atoms with van der Waals surface area (Å²) in [4.78, 5) is 11.9. The van der Waals surface area contributed by atoms with Crippen molar-refractivity contribution in [1.29, 1.82) is 5.26 Å². The largest absolute Gasteiger partial charge is 0.497 e. The highest BCUT2D eigenvalue weighted by Gasteiger charge is 1.85. The maximum Gasteiger partial charge on any atom is 0.158 e. The van der Waals surface area contributed by atoms with Gasteiger partial charge in [0.05, 0.1) is 12.5 Å². The summed E-state index contributed by atoms with van der Waals surface area (Å²) in [6.07, 6.45) is 23.5. The lowest BCUT2D eigenvalue weighted by atomic mass is 10.4. The lowest BCUT2D eigenvalue weighted by Crippen LogP contribution is -1.79. The van der Waals surface area contributed by atoms with E-state index in [1.807, 2.05) is 30.4 Å². The molecule has 22 heavy (non-hydrogen) atoms. The van der Waals surface area contributed by atoms with Crippen molar-refractivity contribution in [3.63, 3.8) is 0 Å². The molecule has 0 aromatic carbocycles. The van der Waals surface area contributed by atoms with Crippen LogP contribution in [0.25, 0.3) is 0 Å². The molecule has 0 N–H and O–H groups in total. The molecule has 0 unspecified atom stereocenters. The first kappa shape index (κ1) is 16.8. The minimum absolute atomic E-state index is 0.208. The standard InChI is InChI=1S/C17H16N4O/c18-15-17-16-20-12-11-19-9-5-1-3-7-13-22-14-8-4-2-6-10-21-17/h1-13,16H,14H2/b3-1-,6-2-,8-4-,9-5-,13-7-,17-16-,19-11?,20-12?,21-10+. The maximum absolute atomic E-state index is 8.89. The predicted molar refractivity (Wildman–Crippen MR) is 90.8 cm³/mol. The average Bonchev–Trinajstić information content (AvgIpc) is 2.54. The van der Waals surface area contributed by atoms with Crippen LogP contribution in [-0.2, 0) is 4.74 Å². The van der Waals surface area contributed by atoms with Gasteiger partial charge in [0.25, 0.3) is 0 Å². The van der Waals surface area contributed by atoms with Gasteiger partial charge in [0, 0.05) is 24.8 Å². The molecule has 0 atom stereocenters. The molecule has 1 aliphatic rings. The lowest BCUT2D eigenvalue weighted by molar-refractivity contribution is 0.290. The van der Waals surface area contributed by atoms with Crippen LogP contribution in [0.1, 0.15) is 0 Å². The van der Waals surface area contributed by atoms with E-state index in [0.717, 1.165) is 0 Å². The lowest BCUT2D eigenvalue weighted by Gasteiger charge is -1.91. The van der Waals surface area contributed by atoms with Crippen molar-refractivity contribution in [2.24, 2.45) is 15.0 Å². The van der Waals surface area contributed by atoms with Crippen molar-refractivity contribution in [3.05, 3.63) is 73.0 Å². The first-order valence-electron chi connectivity index (χ1n) is 6.54. The summed E-state index contributed by atoms with van der Waals surface area (Å²) in [5.41, 5.74) is 0.208. The monoisotopic (exact) mass is 292 g/mol. The molecule has 5 nitrogen and oxygen atoms in total. The zero-order valence-electron chi connectivity index (χ0n) is 12.0. The first-order valence-corrected chi connectivity index (χ1v) is 6.54. The number of nitriles is 1. The van der Waals surface area contributed by atoms with Gasteiger partial charge in [0.2, 0.25) is 0 Å². The fourth-order valence-corrected chi connectivity index (χ4v) is 1.14. The Hall–Kier alpha value is -3.26. The first-order chi connectivity index (χ1) is 10.9. The second-order valence-electron chi connectivity index (χ2n) is 3.70. The normalized spacial score (nSPS) is 27.1. The van der Waals surface area contributed by atoms with Crippen LogP contribution in [0.4, 0.5) is 0 Å². The summed E-state index contributed by atoms with van der Waals surface area (Å²) >= 11 is 0. The second kappa shape index (κ2) is 12.8. The minimum Gasteiger partial charge on any atom is -0.497 e. The number of hydrogen-bond acceptors (Lipinski definition) is 5. The van der Waals surface area contributed by atoms with Crippen LogP contribution in [0.15, 0.2) is 87.9 Å². The number of ether oxygens (including phenoxy) is 1. The van der Waals surface area contributed by atoms with E-state index >= 15 is 0 Å². The van der Waals surface area contributed by atoms with Gasteiger partial charge in [-0.2, -0.15) is 5.26 Å². The Morgan fingerprint density at radius 3 is 2.64 bits per heavy atom. The molecular weight excluding hydrogens is 276 g/mol. The zero-order chi connectivity index (χ0) is 15.7. The van der Waals surface area contributed by atoms with Crippen molar-refractivity contribution in [2.45, 2.75) is 0 Å². The molecule has 0 amide bonds. The van der Waals surface area contributed by atoms with Gasteiger partial charge in [-0.3, -0.25) is 9.98 Å². The van der Waals surface area contributed by atoms with E-state index in [2.05, 4.69) is 15.0 Å². The quantitative estimate of drug-likeness (QED) is 0.687. The SMILES string of the molecule is N#CC1=C/N=CC=N\C=C/C=C\C=C/OC\C=C/C=C\C=N\1. The predicted octanol–water partition coefficient (Wildman–Crippen LogP) is 3.29. The van der Waals surface area contributed by atoms with Crippen molar-refractivity contribution < 1.29 is 4.74 Å². The Balaban J connectivity index is 2.77. The van der Waals surface area contributed by atoms with Crippen molar-refractivity contribution in [2.75, 3.05) is 6.61 Å².